The summed E-state index contributed by atoms with van der Waals surface area (Å²) in [7, 11) is 0. The Bertz CT molecular complexity index is 891. The van der Waals surface area contributed by atoms with Crippen molar-refractivity contribution >= 4 is 12.0 Å². The first-order chi connectivity index (χ1) is 15.5. The molecule has 0 aliphatic carbocycles. The first kappa shape index (κ1) is 23.5. The number of aliphatic hydroxyl groups is 1. The van der Waals surface area contributed by atoms with E-state index in [9.17, 15) is 14.7 Å². The van der Waals surface area contributed by atoms with Crippen LogP contribution >= 0.6 is 0 Å². The molecule has 1 unspecified atom stereocenters. The van der Waals surface area contributed by atoms with Crippen LogP contribution < -0.4 is 10.6 Å². The fourth-order valence-electron chi connectivity index (χ4n) is 4.07. The van der Waals surface area contributed by atoms with Gasteiger partial charge in [0, 0.05) is 25.4 Å². The second kappa shape index (κ2) is 11.5. The second-order valence-corrected chi connectivity index (χ2v) is 7.70. The number of urea groups is 1. The maximum atomic E-state index is 12.7. The molecule has 2 amide bonds. The van der Waals surface area contributed by atoms with Gasteiger partial charge in [0.2, 0.25) is 0 Å². The molecule has 0 spiro atoms. The monoisotopic (exact) mass is 437 g/mol. The third-order valence-electron chi connectivity index (χ3n) is 5.43. The first-order valence-electron chi connectivity index (χ1n) is 11.0. The molecule has 0 aromatic heterocycles. The lowest BCUT2D eigenvalue weighted by atomic mass is 9.95. The number of carbonyl (C=O) groups excluding carboxylic acids is 2. The zero-order chi connectivity index (χ0) is 22.9. The highest BCUT2D eigenvalue weighted by molar-refractivity contribution is 5.94. The van der Waals surface area contributed by atoms with Crippen molar-refractivity contribution in [1.29, 1.82) is 0 Å². The van der Waals surface area contributed by atoms with Crippen LogP contribution in [0.15, 0.2) is 71.9 Å². The number of hydrogen-bond donors (Lipinski definition) is 3. The lowest BCUT2D eigenvalue weighted by Gasteiger charge is -2.35. The molecule has 3 N–H and O–H groups in total. The van der Waals surface area contributed by atoms with E-state index in [0.29, 0.717) is 30.8 Å². The van der Waals surface area contributed by atoms with E-state index in [1.807, 2.05) is 36.4 Å². The average Bonchev–Trinajstić information content (AvgIpc) is 2.78. The molecule has 0 radical (unpaired) electrons. The second-order valence-electron chi connectivity index (χ2n) is 7.70. The largest absolute Gasteiger partial charge is 0.463 e. The third kappa shape index (κ3) is 5.75. The Kier molecular flexibility index (Phi) is 8.41. The van der Waals surface area contributed by atoms with Crippen molar-refractivity contribution in [2.24, 2.45) is 0 Å². The van der Waals surface area contributed by atoms with Crippen LogP contribution in [0, 0.1) is 0 Å². The van der Waals surface area contributed by atoms with Crippen LogP contribution in [0.4, 0.5) is 4.79 Å². The number of ether oxygens (including phenoxy) is 1. The topological polar surface area (TPSA) is 90.9 Å². The molecule has 7 nitrogen and oxygen atoms in total. The highest BCUT2D eigenvalue weighted by atomic mass is 16.5. The molecule has 2 aromatic rings. The summed E-state index contributed by atoms with van der Waals surface area (Å²) in [6.45, 7) is 4.71. The number of esters is 1. The zero-order valence-corrected chi connectivity index (χ0v) is 18.6. The molecule has 1 aliphatic heterocycles. The summed E-state index contributed by atoms with van der Waals surface area (Å²) in [4.78, 5) is 27.1. The van der Waals surface area contributed by atoms with Gasteiger partial charge < -0.3 is 20.5 Å². The molecule has 1 heterocycles. The number of amides is 2. The quantitative estimate of drug-likeness (QED) is 0.497. The average molecular weight is 438 g/mol. The predicted molar refractivity (Wildman–Crippen MR) is 123 cm³/mol. The Morgan fingerprint density at radius 2 is 1.69 bits per heavy atom. The highest BCUT2D eigenvalue weighted by Gasteiger charge is 2.32. The van der Waals surface area contributed by atoms with Crippen LogP contribution in [0.2, 0.25) is 0 Å². The van der Waals surface area contributed by atoms with E-state index in [-0.39, 0.29) is 25.3 Å². The summed E-state index contributed by atoms with van der Waals surface area (Å²) in [5.41, 5.74) is 3.11. The number of nitrogens with zero attached hydrogens (tertiary/aromatic N) is 1. The molecule has 0 bridgehead atoms. The summed E-state index contributed by atoms with van der Waals surface area (Å²) in [5, 5.41) is 15.1. The standard InChI is InChI=1S/C25H31N3O4/c1-3-32-24(30)22-18(2)26-25(31)27-21(22)17-28(15-10-16-29)23(19-11-6-4-7-12-19)20-13-8-5-9-14-20/h4-9,11-14,18,23,29H,3,10,15-17H2,1-2H3,(H2,26,27,31). The van der Waals surface area contributed by atoms with Gasteiger partial charge in [-0.3, -0.25) is 4.90 Å². The lowest BCUT2D eigenvalue weighted by Crippen LogP contribution is -2.51. The number of aliphatic hydroxyl groups excluding tert-OH is 1. The summed E-state index contributed by atoms with van der Waals surface area (Å²) in [6.07, 6.45) is 0.555. The maximum absolute atomic E-state index is 12.7. The van der Waals surface area contributed by atoms with Crippen LogP contribution in [0.3, 0.4) is 0 Å². The highest BCUT2D eigenvalue weighted by Crippen LogP contribution is 2.30. The van der Waals surface area contributed by atoms with Crippen molar-refractivity contribution in [3.8, 4) is 0 Å². The van der Waals surface area contributed by atoms with Gasteiger partial charge in [0.1, 0.15) is 0 Å². The summed E-state index contributed by atoms with van der Waals surface area (Å²) in [6, 6.07) is 19.2. The van der Waals surface area contributed by atoms with Gasteiger partial charge in [-0.15, -0.1) is 0 Å². The minimum absolute atomic E-state index is 0.0426. The Hall–Kier alpha value is -3.16. The van der Waals surface area contributed by atoms with Crippen LogP contribution in [0.5, 0.6) is 0 Å². The summed E-state index contributed by atoms with van der Waals surface area (Å²) >= 11 is 0. The normalized spacial score (nSPS) is 16.2. The van der Waals surface area contributed by atoms with Crippen molar-refractivity contribution in [1.82, 2.24) is 15.5 Å². The number of benzene rings is 2. The fourth-order valence-corrected chi connectivity index (χ4v) is 4.07. The van der Waals surface area contributed by atoms with Crippen LogP contribution in [0.25, 0.3) is 0 Å². The number of nitrogens with one attached hydrogen (secondary N) is 2. The third-order valence-corrected chi connectivity index (χ3v) is 5.43. The van der Waals surface area contributed by atoms with Gasteiger partial charge in [0.15, 0.2) is 0 Å². The summed E-state index contributed by atoms with van der Waals surface area (Å²) < 4.78 is 5.26. The maximum Gasteiger partial charge on any atom is 0.337 e. The molecule has 32 heavy (non-hydrogen) atoms. The Labute approximate surface area is 189 Å². The van der Waals surface area contributed by atoms with Gasteiger partial charge in [-0.05, 0) is 31.4 Å². The molecule has 1 aliphatic rings. The molecule has 2 aromatic carbocycles. The van der Waals surface area contributed by atoms with Crippen molar-refractivity contribution in [2.45, 2.75) is 32.4 Å². The van der Waals surface area contributed by atoms with E-state index in [1.165, 1.54) is 0 Å². The summed E-state index contributed by atoms with van der Waals surface area (Å²) in [5.74, 6) is -0.444. The molecule has 0 saturated heterocycles. The van der Waals surface area contributed by atoms with Gasteiger partial charge in [-0.25, -0.2) is 9.59 Å². The Morgan fingerprint density at radius 3 is 2.22 bits per heavy atom. The van der Waals surface area contributed by atoms with Crippen molar-refractivity contribution < 1.29 is 19.4 Å². The molecule has 0 saturated carbocycles. The van der Waals surface area contributed by atoms with E-state index in [4.69, 9.17) is 4.74 Å². The van der Waals surface area contributed by atoms with Gasteiger partial charge in [-0.2, -0.15) is 0 Å². The first-order valence-corrected chi connectivity index (χ1v) is 11.0. The molecule has 3 rings (SSSR count). The molecule has 170 valence electrons. The smallest absolute Gasteiger partial charge is 0.337 e. The molecule has 7 heteroatoms. The number of rotatable bonds is 10. The van der Waals surface area contributed by atoms with Crippen LogP contribution in [-0.2, 0) is 9.53 Å². The predicted octanol–water partition coefficient (Wildman–Crippen LogP) is 2.98. The minimum Gasteiger partial charge on any atom is -0.463 e. The molecular weight excluding hydrogens is 406 g/mol. The lowest BCUT2D eigenvalue weighted by molar-refractivity contribution is -0.139. The van der Waals surface area contributed by atoms with Gasteiger partial charge in [0.05, 0.1) is 24.3 Å². The van der Waals surface area contributed by atoms with Crippen molar-refractivity contribution in [3.05, 3.63) is 83.1 Å². The van der Waals surface area contributed by atoms with E-state index in [1.54, 1.807) is 13.8 Å². The molecule has 0 fully saturated rings. The van der Waals surface area contributed by atoms with Crippen molar-refractivity contribution in [2.75, 3.05) is 26.3 Å². The zero-order valence-electron chi connectivity index (χ0n) is 18.6. The fraction of sp³-hybridized carbons (Fsp3) is 0.360. The van der Waals surface area contributed by atoms with Gasteiger partial charge >= 0.3 is 12.0 Å². The number of carbonyl (C=O) groups is 2. The van der Waals surface area contributed by atoms with E-state index < -0.39 is 12.0 Å². The van der Waals surface area contributed by atoms with Crippen LogP contribution in [0.1, 0.15) is 37.4 Å². The van der Waals surface area contributed by atoms with Crippen molar-refractivity contribution in [3.63, 3.8) is 0 Å². The van der Waals surface area contributed by atoms with Crippen LogP contribution in [-0.4, -0.2) is 54.4 Å². The van der Waals surface area contributed by atoms with E-state index in [0.717, 1.165) is 11.1 Å². The molecule has 1 atom stereocenters. The SMILES string of the molecule is CCOC(=O)C1=C(CN(CCCO)C(c2ccccc2)c2ccccc2)NC(=O)NC1C. The van der Waals surface area contributed by atoms with Gasteiger partial charge in [-0.1, -0.05) is 60.7 Å². The van der Waals surface area contributed by atoms with E-state index >= 15 is 0 Å². The minimum atomic E-state index is -0.468. The van der Waals surface area contributed by atoms with Gasteiger partial charge in [0.25, 0.3) is 0 Å². The Balaban J connectivity index is 2.05. The number of hydrogen-bond acceptors (Lipinski definition) is 5. The van der Waals surface area contributed by atoms with E-state index in [2.05, 4.69) is 39.8 Å². The molecular formula is C25H31N3O4. The Morgan fingerprint density at radius 1 is 1.09 bits per heavy atom.